The molecule has 0 spiro atoms. The van der Waals surface area contributed by atoms with Gasteiger partial charge in [0.25, 0.3) is 5.91 Å². The Bertz CT molecular complexity index is 528. The van der Waals surface area contributed by atoms with E-state index < -0.39 is 0 Å². The van der Waals surface area contributed by atoms with Crippen molar-refractivity contribution in [1.82, 2.24) is 25.5 Å². The number of benzene rings is 1. The van der Waals surface area contributed by atoms with Crippen LogP contribution in [0.2, 0.25) is 0 Å². The Morgan fingerprint density at radius 2 is 2.16 bits per heavy atom. The van der Waals surface area contributed by atoms with Gasteiger partial charge >= 0.3 is 0 Å². The average molecular weight is 277 g/mol. The van der Waals surface area contributed by atoms with E-state index in [9.17, 15) is 4.79 Å². The lowest BCUT2D eigenvalue weighted by Crippen LogP contribution is -2.24. The summed E-state index contributed by atoms with van der Waals surface area (Å²) >= 11 is 1.58. The Labute approximate surface area is 115 Å². The second kappa shape index (κ2) is 6.89. The fraction of sp³-hybridized carbons (Fsp3) is 0.333. The molecule has 0 saturated heterocycles. The molecule has 1 aromatic heterocycles. The van der Waals surface area contributed by atoms with Crippen LogP contribution in [0.4, 0.5) is 0 Å². The van der Waals surface area contributed by atoms with Crippen molar-refractivity contribution in [1.29, 1.82) is 0 Å². The Hall–Kier alpha value is -1.89. The van der Waals surface area contributed by atoms with Crippen molar-refractivity contribution in [3.63, 3.8) is 0 Å². The highest BCUT2D eigenvalue weighted by Gasteiger charge is 2.04. The van der Waals surface area contributed by atoms with E-state index in [-0.39, 0.29) is 5.91 Å². The number of nitrogens with zero attached hydrogens (tertiary/aromatic N) is 4. The van der Waals surface area contributed by atoms with Gasteiger partial charge in [-0.3, -0.25) is 4.79 Å². The number of hydrogen-bond acceptors (Lipinski definition) is 5. The monoisotopic (exact) mass is 277 g/mol. The molecule has 6 nitrogen and oxygen atoms in total. The number of hydrogen-bond donors (Lipinski definition) is 1. The van der Waals surface area contributed by atoms with Crippen LogP contribution >= 0.6 is 11.8 Å². The molecule has 0 aliphatic heterocycles. The third-order valence-electron chi connectivity index (χ3n) is 2.46. The number of aryl methyl sites for hydroxylation is 1. The zero-order valence-corrected chi connectivity index (χ0v) is 11.4. The standard InChI is InChI=1S/C12H15N5OS/c1-17-12(14-15-16-17)19-9-5-8-13-11(18)10-6-3-2-4-7-10/h2-4,6-7H,5,8-9H2,1H3,(H,13,18). The van der Waals surface area contributed by atoms with Gasteiger partial charge < -0.3 is 5.32 Å². The summed E-state index contributed by atoms with van der Waals surface area (Å²) in [5, 5.41) is 14.9. The van der Waals surface area contributed by atoms with Crippen molar-refractivity contribution < 1.29 is 4.79 Å². The summed E-state index contributed by atoms with van der Waals surface area (Å²) in [5.41, 5.74) is 0.688. The maximum Gasteiger partial charge on any atom is 0.251 e. The molecule has 100 valence electrons. The first-order valence-corrected chi connectivity index (χ1v) is 6.94. The molecule has 0 atom stereocenters. The third kappa shape index (κ3) is 4.06. The maximum absolute atomic E-state index is 11.7. The highest BCUT2D eigenvalue weighted by Crippen LogP contribution is 2.12. The first-order chi connectivity index (χ1) is 9.27. The van der Waals surface area contributed by atoms with E-state index in [1.807, 2.05) is 18.2 Å². The van der Waals surface area contributed by atoms with Gasteiger partial charge in [-0.2, -0.15) is 0 Å². The van der Waals surface area contributed by atoms with Crippen molar-refractivity contribution in [2.24, 2.45) is 7.05 Å². The lowest BCUT2D eigenvalue weighted by molar-refractivity contribution is 0.0954. The maximum atomic E-state index is 11.7. The van der Waals surface area contributed by atoms with Crippen LogP contribution in [0.15, 0.2) is 35.5 Å². The molecular formula is C12H15N5OS. The van der Waals surface area contributed by atoms with E-state index >= 15 is 0 Å². The van der Waals surface area contributed by atoms with Crippen LogP contribution < -0.4 is 5.32 Å². The molecular weight excluding hydrogens is 262 g/mol. The number of carbonyl (C=O) groups is 1. The Kier molecular flexibility index (Phi) is 4.91. The molecule has 1 aromatic carbocycles. The second-order valence-corrected chi connectivity index (χ2v) is 4.97. The SMILES string of the molecule is Cn1nnnc1SCCCNC(=O)c1ccccc1. The van der Waals surface area contributed by atoms with Crippen molar-refractivity contribution in [2.45, 2.75) is 11.6 Å². The van der Waals surface area contributed by atoms with Gasteiger partial charge in [0.1, 0.15) is 0 Å². The molecule has 0 bridgehead atoms. The smallest absolute Gasteiger partial charge is 0.251 e. The van der Waals surface area contributed by atoms with Crippen LogP contribution in [0, 0.1) is 0 Å². The summed E-state index contributed by atoms with van der Waals surface area (Å²) in [7, 11) is 1.81. The topological polar surface area (TPSA) is 72.7 Å². The lowest BCUT2D eigenvalue weighted by atomic mass is 10.2. The summed E-state index contributed by atoms with van der Waals surface area (Å²) in [4.78, 5) is 11.7. The highest BCUT2D eigenvalue weighted by atomic mass is 32.2. The van der Waals surface area contributed by atoms with E-state index in [1.54, 1.807) is 35.6 Å². The predicted octanol–water partition coefficient (Wildman–Crippen LogP) is 1.12. The normalized spacial score (nSPS) is 10.4. The highest BCUT2D eigenvalue weighted by molar-refractivity contribution is 7.99. The Morgan fingerprint density at radius 3 is 2.84 bits per heavy atom. The molecule has 1 heterocycles. The van der Waals surface area contributed by atoms with E-state index in [1.165, 1.54) is 0 Å². The van der Waals surface area contributed by atoms with E-state index in [0.29, 0.717) is 12.1 Å². The summed E-state index contributed by atoms with van der Waals surface area (Å²) < 4.78 is 1.63. The number of rotatable bonds is 6. The van der Waals surface area contributed by atoms with Crippen molar-refractivity contribution in [3.8, 4) is 0 Å². The first-order valence-electron chi connectivity index (χ1n) is 5.96. The molecule has 0 aliphatic carbocycles. The summed E-state index contributed by atoms with van der Waals surface area (Å²) in [6.07, 6.45) is 0.871. The van der Waals surface area contributed by atoms with Crippen LogP contribution in [-0.2, 0) is 7.05 Å². The van der Waals surface area contributed by atoms with Crippen LogP contribution in [0.1, 0.15) is 16.8 Å². The Morgan fingerprint density at radius 1 is 1.37 bits per heavy atom. The zero-order chi connectivity index (χ0) is 13.5. The van der Waals surface area contributed by atoms with Gasteiger partial charge in [-0.1, -0.05) is 30.0 Å². The fourth-order valence-corrected chi connectivity index (χ4v) is 2.26. The largest absolute Gasteiger partial charge is 0.352 e. The lowest BCUT2D eigenvalue weighted by Gasteiger charge is -2.04. The fourth-order valence-electron chi connectivity index (χ4n) is 1.47. The number of carbonyl (C=O) groups excluding carboxylic acids is 1. The number of aromatic nitrogens is 4. The minimum absolute atomic E-state index is 0.0362. The zero-order valence-electron chi connectivity index (χ0n) is 10.6. The number of amides is 1. The quantitative estimate of drug-likeness (QED) is 0.633. The number of thioether (sulfide) groups is 1. The van der Waals surface area contributed by atoms with Gasteiger partial charge in [-0.15, -0.1) is 5.10 Å². The molecule has 0 saturated carbocycles. The summed E-state index contributed by atoms with van der Waals surface area (Å²) in [5.74, 6) is 0.828. The summed E-state index contributed by atoms with van der Waals surface area (Å²) in [6.45, 7) is 0.645. The molecule has 7 heteroatoms. The van der Waals surface area contributed by atoms with E-state index in [0.717, 1.165) is 17.3 Å². The molecule has 2 aromatic rings. The predicted molar refractivity (Wildman–Crippen MR) is 72.9 cm³/mol. The molecule has 0 unspecified atom stereocenters. The van der Waals surface area contributed by atoms with Crippen LogP contribution in [0.5, 0.6) is 0 Å². The van der Waals surface area contributed by atoms with Crippen LogP contribution in [0.25, 0.3) is 0 Å². The van der Waals surface area contributed by atoms with Crippen molar-refractivity contribution in [3.05, 3.63) is 35.9 Å². The third-order valence-corrected chi connectivity index (χ3v) is 3.55. The summed E-state index contributed by atoms with van der Waals surface area (Å²) in [6, 6.07) is 9.20. The minimum Gasteiger partial charge on any atom is -0.352 e. The average Bonchev–Trinajstić information content (AvgIpc) is 2.85. The van der Waals surface area contributed by atoms with Crippen LogP contribution in [-0.4, -0.2) is 38.4 Å². The van der Waals surface area contributed by atoms with E-state index in [2.05, 4.69) is 20.8 Å². The van der Waals surface area contributed by atoms with E-state index in [4.69, 9.17) is 0 Å². The van der Waals surface area contributed by atoms with Crippen molar-refractivity contribution >= 4 is 17.7 Å². The van der Waals surface area contributed by atoms with Crippen molar-refractivity contribution in [2.75, 3.05) is 12.3 Å². The van der Waals surface area contributed by atoms with Gasteiger partial charge in [0.2, 0.25) is 5.16 Å². The molecule has 1 amide bonds. The van der Waals surface area contributed by atoms with Gasteiger partial charge in [-0.05, 0) is 29.0 Å². The van der Waals surface area contributed by atoms with Crippen LogP contribution in [0.3, 0.4) is 0 Å². The minimum atomic E-state index is -0.0362. The first kappa shape index (κ1) is 13.5. The molecule has 0 radical (unpaired) electrons. The molecule has 19 heavy (non-hydrogen) atoms. The van der Waals surface area contributed by atoms with Gasteiger partial charge in [0, 0.05) is 24.9 Å². The second-order valence-electron chi connectivity index (χ2n) is 3.91. The number of tetrazole rings is 1. The molecule has 0 fully saturated rings. The molecule has 1 N–H and O–H groups in total. The number of nitrogens with one attached hydrogen (secondary N) is 1. The Balaban J connectivity index is 1.65. The van der Waals surface area contributed by atoms with Gasteiger partial charge in [-0.25, -0.2) is 4.68 Å². The van der Waals surface area contributed by atoms with Gasteiger partial charge in [0.05, 0.1) is 0 Å². The van der Waals surface area contributed by atoms with Gasteiger partial charge in [0.15, 0.2) is 0 Å². The molecule has 2 rings (SSSR count). The molecule has 0 aliphatic rings.